The maximum Gasteiger partial charge on any atom is 0.137 e. The van der Waals surface area contributed by atoms with Crippen molar-refractivity contribution in [2.75, 3.05) is 6.61 Å². The molecule has 1 aliphatic rings. The van der Waals surface area contributed by atoms with Crippen molar-refractivity contribution in [3.8, 4) is 5.75 Å². The minimum absolute atomic E-state index is 0.00504. The van der Waals surface area contributed by atoms with Crippen LogP contribution < -0.4 is 4.74 Å². The van der Waals surface area contributed by atoms with Gasteiger partial charge in [-0.25, -0.2) is 4.39 Å². The second-order valence-corrected chi connectivity index (χ2v) is 5.73. The molecule has 1 aliphatic carbocycles. The molecule has 1 saturated carbocycles. The zero-order chi connectivity index (χ0) is 13.1. The molecule has 0 bridgehead atoms. The molecule has 2 rings (SSSR count). The van der Waals surface area contributed by atoms with E-state index in [0.717, 1.165) is 12.8 Å². The zero-order valence-electron chi connectivity index (χ0n) is 10.0. The van der Waals surface area contributed by atoms with E-state index in [1.165, 1.54) is 6.07 Å². The van der Waals surface area contributed by atoms with Crippen LogP contribution >= 0.6 is 27.5 Å². The van der Waals surface area contributed by atoms with Gasteiger partial charge in [0, 0.05) is 13.0 Å². The summed E-state index contributed by atoms with van der Waals surface area (Å²) in [5.74, 6) is 0.326. The molecule has 2 nitrogen and oxygen atoms in total. The van der Waals surface area contributed by atoms with Crippen molar-refractivity contribution in [2.24, 2.45) is 0 Å². The molecule has 3 atom stereocenters. The Kier molecular flexibility index (Phi) is 4.87. The summed E-state index contributed by atoms with van der Waals surface area (Å²) in [6, 6.07) is 4.60. The standard InChI is InChI=1S/C13H15BrClFO2/c1-2-5-17-13-10(15)7-12(13)18-8-3-4-11(16)9(14)6-8/h3-4,6,10,12-13H,2,5,7H2,1H3. The van der Waals surface area contributed by atoms with Crippen LogP contribution in [-0.2, 0) is 4.74 Å². The smallest absolute Gasteiger partial charge is 0.137 e. The van der Waals surface area contributed by atoms with E-state index < -0.39 is 0 Å². The number of hydrogen-bond acceptors (Lipinski definition) is 2. The van der Waals surface area contributed by atoms with E-state index in [2.05, 4.69) is 22.9 Å². The number of ether oxygens (including phenoxy) is 2. The fourth-order valence-corrected chi connectivity index (χ4v) is 2.60. The number of halogens is 3. The Bertz CT molecular complexity index is 416. The fourth-order valence-electron chi connectivity index (χ4n) is 1.83. The lowest BCUT2D eigenvalue weighted by molar-refractivity contribution is -0.0798. The highest BCUT2D eigenvalue weighted by atomic mass is 79.9. The summed E-state index contributed by atoms with van der Waals surface area (Å²) in [5, 5.41) is 0.00504. The molecule has 0 radical (unpaired) electrons. The SMILES string of the molecule is CCCOC1C(Cl)CC1Oc1ccc(F)c(Br)c1. The second-order valence-electron chi connectivity index (χ2n) is 4.32. The molecule has 0 heterocycles. The van der Waals surface area contributed by atoms with Gasteiger partial charge in [0.05, 0.1) is 9.85 Å². The summed E-state index contributed by atoms with van der Waals surface area (Å²) in [7, 11) is 0. The van der Waals surface area contributed by atoms with Crippen LogP contribution in [-0.4, -0.2) is 24.2 Å². The van der Waals surface area contributed by atoms with Crippen LogP contribution in [0, 0.1) is 5.82 Å². The zero-order valence-corrected chi connectivity index (χ0v) is 12.4. The van der Waals surface area contributed by atoms with Crippen LogP contribution in [0.1, 0.15) is 19.8 Å². The summed E-state index contributed by atoms with van der Waals surface area (Å²) in [5.41, 5.74) is 0. The first kappa shape index (κ1) is 14.1. The Morgan fingerprint density at radius 1 is 1.50 bits per heavy atom. The van der Waals surface area contributed by atoms with Gasteiger partial charge >= 0.3 is 0 Å². The van der Waals surface area contributed by atoms with Crippen molar-refractivity contribution < 1.29 is 13.9 Å². The number of alkyl halides is 1. The molecule has 5 heteroatoms. The molecule has 1 fully saturated rings. The van der Waals surface area contributed by atoms with Crippen LogP contribution in [0.15, 0.2) is 22.7 Å². The lowest BCUT2D eigenvalue weighted by atomic mass is 9.91. The van der Waals surface area contributed by atoms with Gasteiger partial charge in [-0.1, -0.05) is 6.92 Å². The average molecular weight is 338 g/mol. The number of benzene rings is 1. The number of rotatable bonds is 5. The molecule has 0 N–H and O–H groups in total. The molecule has 0 amide bonds. The van der Waals surface area contributed by atoms with Gasteiger partial charge in [-0.05, 0) is 40.5 Å². The van der Waals surface area contributed by atoms with Crippen LogP contribution in [0.2, 0.25) is 0 Å². The molecule has 0 aromatic heterocycles. The molecular formula is C13H15BrClFO2. The van der Waals surface area contributed by atoms with Gasteiger partial charge in [-0.2, -0.15) is 0 Å². The van der Waals surface area contributed by atoms with Crippen LogP contribution in [0.25, 0.3) is 0 Å². The first-order valence-corrected chi connectivity index (χ1v) is 7.22. The Morgan fingerprint density at radius 3 is 2.89 bits per heavy atom. The monoisotopic (exact) mass is 336 g/mol. The van der Waals surface area contributed by atoms with E-state index >= 15 is 0 Å². The summed E-state index contributed by atoms with van der Waals surface area (Å²) >= 11 is 9.23. The van der Waals surface area contributed by atoms with Gasteiger partial charge < -0.3 is 9.47 Å². The third-order valence-electron chi connectivity index (χ3n) is 2.87. The quantitative estimate of drug-likeness (QED) is 0.752. The van der Waals surface area contributed by atoms with Crippen LogP contribution in [0.3, 0.4) is 0 Å². The van der Waals surface area contributed by atoms with Gasteiger partial charge in [0.15, 0.2) is 0 Å². The maximum absolute atomic E-state index is 13.1. The minimum atomic E-state index is -0.301. The van der Waals surface area contributed by atoms with Gasteiger partial charge in [0.2, 0.25) is 0 Å². The molecule has 3 unspecified atom stereocenters. The Hall–Kier alpha value is -0.320. The van der Waals surface area contributed by atoms with Gasteiger partial charge in [0.25, 0.3) is 0 Å². The predicted molar refractivity (Wildman–Crippen MR) is 72.8 cm³/mol. The fraction of sp³-hybridized carbons (Fsp3) is 0.538. The Morgan fingerprint density at radius 2 is 2.28 bits per heavy atom. The van der Waals surface area contributed by atoms with Gasteiger partial charge in [-0.3, -0.25) is 0 Å². The molecule has 0 aliphatic heterocycles. The summed E-state index contributed by atoms with van der Waals surface area (Å²) < 4.78 is 24.9. The Balaban J connectivity index is 1.94. The highest BCUT2D eigenvalue weighted by molar-refractivity contribution is 9.10. The van der Waals surface area contributed by atoms with Crippen molar-refractivity contribution in [2.45, 2.75) is 37.4 Å². The molecule has 0 spiro atoms. The molecule has 1 aromatic rings. The van der Waals surface area contributed by atoms with Crippen LogP contribution in [0.4, 0.5) is 4.39 Å². The summed E-state index contributed by atoms with van der Waals surface area (Å²) in [4.78, 5) is 0. The van der Waals surface area contributed by atoms with Gasteiger partial charge in [-0.15, -0.1) is 11.6 Å². The lowest BCUT2D eigenvalue weighted by Gasteiger charge is -2.40. The van der Waals surface area contributed by atoms with Crippen LogP contribution in [0.5, 0.6) is 5.75 Å². The predicted octanol–water partition coefficient (Wildman–Crippen LogP) is 4.14. The molecule has 1 aromatic carbocycles. The van der Waals surface area contributed by atoms with Crippen molar-refractivity contribution in [3.63, 3.8) is 0 Å². The minimum Gasteiger partial charge on any atom is -0.488 e. The first-order valence-electron chi connectivity index (χ1n) is 5.99. The normalized spacial score (nSPS) is 26.8. The summed E-state index contributed by atoms with van der Waals surface area (Å²) in [6.07, 6.45) is 1.59. The topological polar surface area (TPSA) is 18.5 Å². The van der Waals surface area contributed by atoms with E-state index in [1.807, 2.05) is 0 Å². The molecule has 100 valence electrons. The van der Waals surface area contributed by atoms with E-state index in [-0.39, 0.29) is 23.4 Å². The largest absolute Gasteiger partial charge is 0.488 e. The average Bonchev–Trinajstić information content (AvgIpc) is 2.33. The van der Waals surface area contributed by atoms with E-state index in [0.29, 0.717) is 16.8 Å². The molecular weight excluding hydrogens is 322 g/mol. The van der Waals surface area contributed by atoms with Crippen molar-refractivity contribution >= 4 is 27.5 Å². The van der Waals surface area contributed by atoms with Crippen molar-refractivity contribution in [1.29, 1.82) is 0 Å². The number of hydrogen-bond donors (Lipinski definition) is 0. The third kappa shape index (κ3) is 3.16. The van der Waals surface area contributed by atoms with Gasteiger partial charge in [0.1, 0.15) is 23.8 Å². The highest BCUT2D eigenvalue weighted by Crippen LogP contribution is 2.34. The van der Waals surface area contributed by atoms with E-state index in [1.54, 1.807) is 12.1 Å². The van der Waals surface area contributed by atoms with E-state index in [9.17, 15) is 4.39 Å². The lowest BCUT2D eigenvalue weighted by Crippen LogP contribution is -2.52. The highest BCUT2D eigenvalue weighted by Gasteiger charge is 2.42. The third-order valence-corrected chi connectivity index (χ3v) is 3.91. The summed E-state index contributed by atoms with van der Waals surface area (Å²) in [6.45, 7) is 2.73. The first-order chi connectivity index (χ1) is 8.61. The molecule has 18 heavy (non-hydrogen) atoms. The second kappa shape index (κ2) is 6.22. The Labute approximate surface area is 120 Å². The maximum atomic E-state index is 13.1. The van der Waals surface area contributed by atoms with Crippen molar-refractivity contribution in [1.82, 2.24) is 0 Å². The van der Waals surface area contributed by atoms with E-state index in [4.69, 9.17) is 21.1 Å². The molecule has 0 saturated heterocycles. The van der Waals surface area contributed by atoms with Crippen molar-refractivity contribution in [3.05, 3.63) is 28.5 Å².